The van der Waals surface area contributed by atoms with Gasteiger partial charge in [0.25, 0.3) is 0 Å². The first-order chi connectivity index (χ1) is 6.35. The van der Waals surface area contributed by atoms with E-state index in [-0.39, 0.29) is 0 Å². The second kappa shape index (κ2) is 10.1. The van der Waals surface area contributed by atoms with Crippen LogP contribution in [0.4, 0.5) is 0 Å². The average molecular weight is 182 g/mol. The molecule has 0 nitrogen and oxygen atoms in total. The zero-order chi connectivity index (χ0) is 9.94. The van der Waals surface area contributed by atoms with E-state index in [1.807, 2.05) is 0 Å². The van der Waals surface area contributed by atoms with E-state index < -0.39 is 0 Å². The van der Waals surface area contributed by atoms with Gasteiger partial charge in [-0.15, -0.1) is 0 Å². The molecular weight excluding hydrogens is 156 g/mol. The summed E-state index contributed by atoms with van der Waals surface area (Å²) in [6.45, 7) is 8.47. The molecule has 13 heavy (non-hydrogen) atoms. The van der Waals surface area contributed by atoms with E-state index in [0.29, 0.717) is 0 Å². The average Bonchev–Trinajstić information content (AvgIpc) is 2.17. The van der Waals surface area contributed by atoms with Crippen molar-refractivity contribution in [2.75, 3.05) is 0 Å². The van der Waals surface area contributed by atoms with Crippen LogP contribution in [0, 0.1) is 12.8 Å². The van der Waals surface area contributed by atoms with E-state index in [1.54, 1.807) is 5.92 Å². The maximum Gasteiger partial charge on any atom is -0.0244 e. The van der Waals surface area contributed by atoms with Gasteiger partial charge in [0.15, 0.2) is 0 Å². The Labute approximate surface area is 85.1 Å². The van der Waals surface area contributed by atoms with Crippen LogP contribution in [0.5, 0.6) is 0 Å². The van der Waals surface area contributed by atoms with Crippen LogP contribution in [-0.4, -0.2) is 0 Å². The van der Waals surface area contributed by atoms with Crippen LogP contribution in [0.15, 0.2) is 0 Å². The monoisotopic (exact) mass is 182 g/mol. The van der Waals surface area contributed by atoms with Gasteiger partial charge in [0.2, 0.25) is 0 Å². The molecule has 0 aromatic heterocycles. The summed E-state index contributed by atoms with van der Waals surface area (Å²) in [6.07, 6.45) is 12.1. The minimum Gasteiger partial charge on any atom is -0.0654 e. The highest BCUT2D eigenvalue weighted by Crippen LogP contribution is 2.19. The second-order valence-corrected chi connectivity index (χ2v) is 3.87. The van der Waals surface area contributed by atoms with Crippen LogP contribution in [0.3, 0.4) is 0 Å². The lowest BCUT2D eigenvalue weighted by molar-refractivity contribution is 0.579. The summed E-state index contributed by atoms with van der Waals surface area (Å²) in [6, 6.07) is 0. The third-order valence-corrected chi connectivity index (χ3v) is 2.74. The van der Waals surface area contributed by atoms with Crippen LogP contribution in [0.1, 0.15) is 71.6 Å². The van der Waals surface area contributed by atoms with Gasteiger partial charge in [0.05, 0.1) is 0 Å². The topological polar surface area (TPSA) is 0 Å². The molecule has 0 unspecified atom stereocenters. The summed E-state index contributed by atoms with van der Waals surface area (Å²) in [4.78, 5) is 0. The summed E-state index contributed by atoms with van der Waals surface area (Å²) in [5, 5.41) is 0. The fraction of sp³-hybridized carbons (Fsp3) is 0.846. The lowest BCUT2D eigenvalue weighted by atomic mass is 9.96. The minimum atomic E-state index is 1.05. The Hall–Kier alpha value is 0. The van der Waals surface area contributed by atoms with Crippen molar-refractivity contribution >= 4 is 0 Å². The maximum atomic E-state index is 3.95. The van der Waals surface area contributed by atoms with E-state index in [4.69, 9.17) is 0 Å². The minimum absolute atomic E-state index is 1.05. The molecule has 0 aromatic rings. The van der Waals surface area contributed by atoms with Crippen molar-refractivity contribution in [2.24, 2.45) is 0 Å². The fourth-order valence-electron chi connectivity index (χ4n) is 1.63. The van der Waals surface area contributed by atoms with Gasteiger partial charge in [-0.1, -0.05) is 59.3 Å². The largest absolute Gasteiger partial charge is 0.0654 e. The van der Waals surface area contributed by atoms with Crippen molar-refractivity contribution in [3.05, 3.63) is 12.8 Å². The van der Waals surface area contributed by atoms with E-state index in [9.17, 15) is 0 Å². The Morgan fingerprint density at radius 3 is 2.08 bits per heavy atom. The highest BCUT2D eigenvalue weighted by molar-refractivity contribution is 4.88. The first kappa shape index (κ1) is 13.0. The van der Waals surface area contributed by atoms with Gasteiger partial charge in [-0.3, -0.25) is 0 Å². The summed E-state index contributed by atoms with van der Waals surface area (Å²) in [5.74, 6) is 1.65. The molecule has 0 amide bonds. The number of unbranched alkanes of at least 4 members (excludes halogenated alkanes) is 5. The van der Waals surface area contributed by atoms with Crippen molar-refractivity contribution < 1.29 is 0 Å². The van der Waals surface area contributed by atoms with E-state index in [1.165, 1.54) is 51.4 Å². The molecule has 0 saturated heterocycles. The highest BCUT2D eigenvalue weighted by atomic mass is 14.1. The predicted molar refractivity (Wildman–Crippen MR) is 61.5 cm³/mol. The van der Waals surface area contributed by atoms with Crippen molar-refractivity contribution in [1.82, 2.24) is 0 Å². The third-order valence-electron chi connectivity index (χ3n) is 2.74. The molecule has 0 aliphatic carbocycles. The molecule has 0 heterocycles. The standard InChI is InChI=1S/C13H26/c1-4-7-8-9-10-11-12-13(5-2)6-3/h2,4-12H2,1,3H3. The molecule has 0 heteroatoms. The van der Waals surface area contributed by atoms with Crippen LogP contribution < -0.4 is 0 Å². The smallest absolute Gasteiger partial charge is 0.0244 e. The van der Waals surface area contributed by atoms with Gasteiger partial charge in [-0.2, -0.15) is 0 Å². The third kappa shape index (κ3) is 8.33. The Kier molecular flexibility index (Phi) is 10.1. The van der Waals surface area contributed by atoms with Crippen molar-refractivity contribution in [2.45, 2.75) is 71.6 Å². The van der Waals surface area contributed by atoms with Gasteiger partial charge in [0, 0.05) is 0 Å². The molecule has 0 N–H and O–H groups in total. The SMILES string of the molecule is [CH2]C[C](CC)CCCCCCCC. The zero-order valence-electron chi connectivity index (χ0n) is 9.57. The molecule has 0 saturated carbocycles. The lowest BCUT2D eigenvalue weighted by Gasteiger charge is -2.10. The number of hydrogen-bond donors (Lipinski definition) is 0. The van der Waals surface area contributed by atoms with Gasteiger partial charge in [-0.25, -0.2) is 0 Å². The van der Waals surface area contributed by atoms with Crippen LogP contribution in [-0.2, 0) is 0 Å². The molecule has 0 aromatic carbocycles. The van der Waals surface area contributed by atoms with Gasteiger partial charge in [0.1, 0.15) is 0 Å². The number of rotatable bonds is 9. The molecule has 0 aliphatic heterocycles. The van der Waals surface area contributed by atoms with Crippen LogP contribution in [0.25, 0.3) is 0 Å². The van der Waals surface area contributed by atoms with Gasteiger partial charge < -0.3 is 0 Å². The molecular formula is C13H26. The van der Waals surface area contributed by atoms with E-state index in [2.05, 4.69) is 20.8 Å². The molecule has 0 aliphatic rings. The Balaban J connectivity index is 3.05. The molecule has 78 valence electrons. The summed E-state index contributed by atoms with van der Waals surface area (Å²) in [5.41, 5.74) is 0. The lowest BCUT2D eigenvalue weighted by Crippen LogP contribution is -1.93. The second-order valence-electron chi connectivity index (χ2n) is 3.87. The molecule has 0 rings (SSSR count). The summed E-state index contributed by atoms with van der Waals surface area (Å²) in [7, 11) is 0. The molecule has 0 spiro atoms. The van der Waals surface area contributed by atoms with E-state index in [0.717, 1.165) is 6.42 Å². The Bertz CT molecular complexity index is 82.0. The highest BCUT2D eigenvalue weighted by Gasteiger charge is 2.02. The van der Waals surface area contributed by atoms with Crippen molar-refractivity contribution in [1.29, 1.82) is 0 Å². The normalized spacial score (nSPS) is 11.1. The first-order valence-corrected chi connectivity index (χ1v) is 5.97. The number of hydrogen-bond acceptors (Lipinski definition) is 0. The first-order valence-electron chi connectivity index (χ1n) is 5.97. The van der Waals surface area contributed by atoms with Crippen LogP contribution in [0.2, 0.25) is 0 Å². The zero-order valence-corrected chi connectivity index (χ0v) is 9.57. The van der Waals surface area contributed by atoms with Crippen molar-refractivity contribution in [3.8, 4) is 0 Å². The maximum absolute atomic E-state index is 3.95. The molecule has 0 fully saturated rings. The molecule has 2 radical (unpaired) electrons. The quantitative estimate of drug-likeness (QED) is 0.443. The predicted octanol–water partition coefficient (Wildman–Crippen LogP) is 4.95. The van der Waals surface area contributed by atoms with Gasteiger partial charge >= 0.3 is 0 Å². The van der Waals surface area contributed by atoms with Crippen LogP contribution >= 0.6 is 0 Å². The van der Waals surface area contributed by atoms with Crippen molar-refractivity contribution in [3.63, 3.8) is 0 Å². The van der Waals surface area contributed by atoms with Gasteiger partial charge in [-0.05, 0) is 25.2 Å². The Morgan fingerprint density at radius 1 is 0.923 bits per heavy atom. The summed E-state index contributed by atoms with van der Waals surface area (Å²) < 4.78 is 0. The molecule has 0 atom stereocenters. The summed E-state index contributed by atoms with van der Waals surface area (Å²) >= 11 is 0. The van der Waals surface area contributed by atoms with E-state index >= 15 is 0 Å². The fourth-order valence-corrected chi connectivity index (χ4v) is 1.63. The molecule has 0 bridgehead atoms. The Morgan fingerprint density at radius 2 is 1.54 bits per heavy atom.